The van der Waals surface area contributed by atoms with E-state index in [0.717, 1.165) is 15.8 Å². The van der Waals surface area contributed by atoms with Crippen molar-refractivity contribution in [1.29, 1.82) is 0 Å². The summed E-state index contributed by atoms with van der Waals surface area (Å²) in [5, 5.41) is 2.84. The number of rotatable bonds is 4. The van der Waals surface area contributed by atoms with E-state index in [1.165, 1.54) is 0 Å². The van der Waals surface area contributed by atoms with Crippen molar-refractivity contribution in [3.05, 3.63) is 52.5 Å². The normalized spacial score (nSPS) is 10.1. The first-order valence-electron chi connectivity index (χ1n) is 6.06. The monoisotopic (exact) mass is 334 g/mol. The number of benzene rings is 2. The quantitative estimate of drug-likeness (QED) is 0.843. The molecule has 0 atom stereocenters. The molecule has 0 aliphatic carbocycles. The predicted octanol–water partition coefficient (Wildman–Crippen LogP) is 3.22. The Morgan fingerprint density at radius 1 is 1.25 bits per heavy atom. The zero-order chi connectivity index (χ0) is 14.5. The highest BCUT2D eigenvalue weighted by Gasteiger charge is 2.07. The number of carbonyl (C=O) groups excluding carboxylic acids is 1. The second kappa shape index (κ2) is 6.43. The van der Waals surface area contributed by atoms with E-state index in [0.29, 0.717) is 17.8 Å². The summed E-state index contributed by atoms with van der Waals surface area (Å²) in [5.41, 5.74) is 7.93. The third kappa shape index (κ3) is 3.74. The van der Waals surface area contributed by atoms with Crippen LogP contribution in [-0.4, -0.2) is 13.0 Å². The van der Waals surface area contributed by atoms with Gasteiger partial charge in [0.25, 0.3) is 0 Å². The molecule has 0 bridgehead atoms. The highest BCUT2D eigenvalue weighted by molar-refractivity contribution is 9.10. The lowest BCUT2D eigenvalue weighted by Gasteiger charge is -2.08. The third-order valence-corrected chi connectivity index (χ3v) is 3.45. The number of nitrogen functional groups attached to an aromatic ring is 1. The van der Waals surface area contributed by atoms with Gasteiger partial charge in [0.1, 0.15) is 5.75 Å². The summed E-state index contributed by atoms with van der Waals surface area (Å²) in [6.45, 7) is 0. The number of hydrogen-bond donors (Lipinski definition) is 2. The van der Waals surface area contributed by atoms with E-state index < -0.39 is 0 Å². The average Bonchev–Trinajstić information content (AvgIpc) is 2.43. The van der Waals surface area contributed by atoms with Gasteiger partial charge in [-0.15, -0.1) is 0 Å². The predicted molar refractivity (Wildman–Crippen MR) is 83.9 cm³/mol. The van der Waals surface area contributed by atoms with E-state index in [1.807, 2.05) is 24.3 Å². The summed E-state index contributed by atoms with van der Waals surface area (Å²) in [6.07, 6.45) is 0.306. The van der Waals surface area contributed by atoms with Gasteiger partial charge in [0.15, 0.2) is 0 Å². The molecule has 104 valence electrons. The van der Waals surface area contributed by atoms with Gasteiger partial charge >= 0.3 is 0 Å². The fraction of sp³-hybridized carbons (Fsp3) is 0.133. The van der Waals surface area contributed by atoms with Gasteiger partial charge in [-0.3, -0.25) is 4.79 Å². The van der Waals surface area contributed by atoms with Gasteiger partial charge < -0.3 is 15.8 Å². The molecule has 0 aromatic heterocycles. The molecular formula is C15H15BrN2O2. The van der Waals surface area contributed by atoms with Gasteiger partial charge in [0.2, 0.25) is 5.91 Å². The Hall–Kier alpha value is -2.01. The summed E-state index contributed by atoms with van der Waals surface area (Å²) in [7, 11) is 1.61. The molecule has 0 aliphatic rings. The molecule has 0 aliphatic heterocycles. The molecule has 3 N–H and O–H groups in total. The molecule has 5 heteroatoms. The van der Waals surface area contributed by atoms with Crippen molar-refractivity contribution in [1.82, 2.24) is 0 Å². The molecule has 20 heavy (non-hydrogen) atoms. The highest BCUT2D eigenvalue weighted by Crippen LogP contribution is 2.24. The SMILES string of the molecule is COc1ccc(CC(=O)Nc2ccc(N)cc2Br)cc1. The van der Waals surface area contributed by atoms with Crippen LogP contribution in [0.1, 0.15) is 5.56 Å². The van der Waals surface area contributed by atoms with Crippen LogP contribution >= 0.6 is 15.9 Å². The van der Waals surface area contributed by atoms with Crippen LogP contribution < -0.4 is 15.8 Å². The number of halogens is 1. The Morgan fingerprint density at radius 3 is 2.55 bits per heavy atom. The molecule has 0 saturated heterocycles. The Labute approximate surface area is 126 Å². The maximum atomic E-state index is 12.0. The van der Waals surface area contributed by atoms with Crippen molar-refractivity contribution in [2.24, 2.45) is 0 Å². The molecule has 2 aromatic rings. The van der Waals surface area contributed by atoms with E-state index in [1.54, 1.807) is 25.3 Å². The smallest absolute Gasteiger partial charge is 0.228 e. The third-order valence-electron chi connectivity index (χ3n) is 2.79. The van der Waals surface area contributed by atoms with Gasteiger partial charge in [-0.1, -0.05) is 12.1 Å². The van der Waals surface area contributed by atoms with E-state index in [9.17, 15) is 4.79 Å². The number of methoxy groups -OCH3 is 1. The van der Waals surface area contributed by atoms with E-state index >= 15 is 0 Å². The van der Waals surface area contributed by atoms with Gasteiger partial charge in [-0.2, -0.15) is 0 Å². The van der Waals surface area contributed by atoms with Crippen molar-refractivity contribution >= 4 is 33.2 Å². The number of carbonyl (C=O) groups is 1. The molecule has 2 rings (SSSR count). The van der Waals surface area contributed by atoms with Crippen molar-refractivity contribution < 1.29 is 9.53 Å². The molecule has 0 unspecified atom stereocenters. The molecule has 0 saturated carbocycles. The molecule has 2 aromatic carbocycles. The number of anilines is 2. The molecular weight excluding hydrogens is 320 g/mol. The number of nitrogens with two attached hydrogens (primary N) is 1. The fourth-order valence-electron chi connectivity index (χ4n) is 1.76. The molecule has 0 fully saturated rings. The largest absolute Gasteiger partial charge is 0.497 e. The maximum absolute atomic E-state index is 12.0. The lowest BCUT2D eigenvalue weighted by atomic mass is 10.1. The van der Waals surface area contributed by atoms with E-state index in [2.05, 4.69) is 21.2 Å². The molecule has 0 heterocycles. The maximum Gasteiger partial charge on any atom is 0.228 e. The van der Waals surface area contributed by atoms with Crippen LogP contribution in [0.5, 0.6) is 5.75 Å². The second-order valence-electron chi connectivity index (χ2n) is 4.31. The first-order valence-corrected chi connectivity index (χ1v) is 6.85. The number of ether oxygens (including phenoxy) is 1. The minimum absolute atomic E-state index is 0.0827. The van der Waals surface area contributed by atoms with Crippen LogP contribution in [0.4, 0.5) is 11.4 Å². The number of hydrogen-bond acceptors (Lipinski definition) is 3. The summed E-state index contributed by atoms with van der Waals surface area (Å²) < 4.78 is 5.84. The second-order valence-corrected chi connectivity index (χ2v) is 5.17. The minimum Gasteiger partial charge on any atom is -0.497 e. The van der Waals surface area contributed by atoms with Crippen molar-refractivity contribution in [2.45, 2.75) is 6.42 Å². The van der Waals surface area contributed by atoms with E-state index in [4.69, 9.17) is 10.5 Å². The van der Waals surface area contributed by atoms with Crippen molar-refractivity contribution in [3.8, 4) is 5.75 Å². The van der Waals surface area contributed by atoms with Crippen molar-refractivity contribution in [3.63, 3.8) is 0 Å². The Morgan fingerprint density at radius 2 is 1.95 bits per heavy atom. The van der Waals surface area contributed by atoms with Crippen LogP contribution in [0.3, 0.4) is 0 Å². The summed E-state index contributed by atoms with van der Waals surface area (Å²) in [5.74, 6) is 0.691. The van der Waals surface area contributed by atoms with Crippen LogP contribution in [0.2, 0.25) is 0 Å². The zero-order valence-corrected chi connectivity index (χ0v) is 12.6. The molecule has 4 nitrogen and oxygen atoms in total. The topological polar surface area (TPSA) is 64.3 Å². The first kappa shape index (κ1) is 14.4. The molecule has 0 spiro atoms. The number of amides is 1. The standard InChI is InChI=1S/C15H15BrN2O2/c1-20-12-5-2-10(3-6-12)8-15(19)18-14-7-4-11(17)9-13(14)16/h2-7,9H,8,17H2,1H3,(H,18,19). The van der Waals surface area contributed by atoms with Gasteiger partial charge in [-0.05, 0) is 51.8 Å². The minimum atomic E-state index is -0.0827. The summed E-state index contributed by atoms with van der Waals surface area (Å²) in [4.78, 5) is 12.0. The lowest BCUT2D eigenvalue weighted by molar-refractivity contribution is -0.115. The Balaban J connectivity index is 2.01. The van der Waals surface area contributed by atoms with E-state index in [-0.39, 0.29) is 5.91 Å². The van der Waals surface area contributed by atoms with Crippen LogP contribution in [0.25, 0.3) is 0 Å². The van der Waals surface area contributed by atoms with Gasteiger partial charge in [0.05, 0.1) is 19.2 Å². The van der Waals surface area contributed by atoms with Crippen LogP contribution in [-0.2, 0) is 11.2 Å². The first-order chi connectivity index (χ1) is 9.58. The lowest BCUT2D eigenvalue weighted by Crippen LogP contribution is -2.14. The Kier molecular flexibility index (Phi) is 4.63. The van der Waals surface area contributed by atoms with Crippen LogP contribution in [0, 0.1) is 0 Å². The molecule has 1 amide bonds. The zero-order valence-electron chi connectivity index (χ0n) is 11.0. The Bertz CT molecular complexity index is 612. The van der Waals surface area contributed by atoms with Gasteiger partial charge in [0, 0.05) is 10.2 Å². The fourth-order valence-corrected chi connectivity index (χ4v) is 2.25. The average molecular weight is 335 g/mol. The van der Waals surface area contributed by atoms with Crippen molar-refractivity contribution in [2.75, 3.05) is 18.2 Å². The molecule has 0 radical (unpaired) electrons. The van der Waals surface area contributed by atoms with Gasteiger partial charge in [-0.25, -0.2) is 0 Å². The highest BCUT2D eigenvalue weighted by atomic mass is 79.9. The van der Waals surface area contributed by atoms with Crippen LogP contribution in [0.15, 0.2) is 46.9 Å². The number of nitrogens with one attached hydrogen (secondary N) is 1. The summed E-state index contributed by atoms with van der Waals surface area (Å²) >= 11 is 3.37. The summed E-state index contributed by atoms with van der Waals surface area (Å²) in [6, 6.07) is 12.7.